The molecule has 1 nitrogen and oxygen atoms in total. The summed E-state index contributed by atoms with van der Waals surface area (Å²) in [5.74, 6) is 0.741. The van der Waals surface area contributed by atoms with Gasteiger partial charge in [0.15, 0.2) is 5.78 Å². The first-order chi connectivity index (χ1) is 7.84. The largest absolute Gasteiger partial charge is 0.294 e. The molecule has 1 rings (SSSR count). The Morgan fingerprint density at radius 1 is 1.41 bits per heavy atom. The highest BCUT2D eigenvalue weighted by Crippen LogP contribution is 2.39. The van der Waals surface area contributed by atoms with E-state index < -0.39 is 0 Å². The van der Waals surface area contributed by atoms with Crippen molar-refractivity contribution in [1.29, 1.82) is 0 Å². The Bertz CT molecular complexity index is 384. The molecule has 0 saturated carbocycles. The lowest BCUT2D eigenvalue weighted by Crippen LogP contribution is -2.14. The molecule has 0 aliphatic heterocycles. The van der Waals surface area contributed by atoms with Crippen molar-refractivity contribution >= 4 is 5.78 Å². The molecule has 2 unspecified atom stereocenters. The minimum Gasteiger partial charge on any atom is -0.294 e. The molecule has 0 radical (unpaired) electrons. The molecule has 0 fully saturated rings. The van der Waals surface area contributed by atoms with Gasteiger partial charge in [-0.25, -0.2) is 0 Å². The Labute approximate surface area is 105 Å². The summed E-state index contributed by atoms with van der Waals surface area (Å²) in [6.45, 7) is 15.9. The fourth-order valence-electron chi connectivity index (χ4n) is 2.70. The third-order valence-corrected chi connectivity index (χ3v) is 3.77. The molecule has 0 aromatic carbocycles. The third kappa shape index (κ3) is 3.18. The number of carbonyl (C=O) groups excluding carboxylic acids is 1. The van der Waals surface area contributed by atoms with Gasteiger partial charge in [-0.15, -0.1) is 0 Å². The molecule has 0 bridgehead atoms. The highest BCUT2D eigenvalue weighted by molar-refractivity contribution is 5.95. The monoisotopic (exact) mass is 232 g/mol. The molecule has 0 aromatic rings. The average Bonchev–Trinajstić information content (AvgIpc) is 2.59. The number of carbonyl (C=O) groups is 1. The van der Waals surface area contributed by atoms with Gasteiger partial charge in [0, 0.05) is 11.8 Å². The van der Waals surface area contributed by atoms with Crippen LogP contribution in [0.25, 0.3) is 0 Å². The number of hydrogen-bond acceptors (Lipinski definition) is 1. The number of Topliss-reactive ketones (excluding diaryl/α,β-unsaturated/α-hetero) is 1. The second kappa shape index (κ2) is 5.48. The zero-order valence-corrected chi connectivity index (χ0v) is 11.6. The average molecular weight is 232 g/mol. The molecule has 0 N–H and O–H groups in total. The van der Waals surface area contributed by atoms with Crippen molar-refractivity contribution in [2.75, 3.05) is 0 Å². The van der Waals surface area contributed by atoms with E-state index in [0.29, 0.717) is 11.5 Å². The van der Waals surface area contributed by atoms with Crippen molar-refractivity contribution < 1.29 is 4.79 Å². The molecule has 1 heteroatoms. The number of hydrogen-bond donors (Lipinski definition) is 0. The number of allylic oxidation sites excluding steroid dienone is 4. The summed E-state index contributed by atoms with van der Waals surface area (Å²) in [6, 6.07) is 0. The summed E-state index contributed by atoms with van der Waals surface area (Å²) >= 11 is 0. The van der Waals surface area contributed by atoms with Crippen molar-refractivity contribution in [1.82, 2.24) is 0 Å². The van der Waals surface area contributed by atoms with Gasteiger partial charge >= 0.3 is 0 Å². The summed E-state index contributed by atoms with van der Waals surface area (Å²) in [5, 5.41) is 0. The zero-order valence-electron chi connectivity index (χ0n) is 11.6. The van der Waals surface area contributed by atoms with Crippen molar-refractivity contribution in [3.63, 3.8) is 0 Å². The second-order valence-electron chi connectivity index (χ2n) is 5.49. The first-order valence-corrected chi connectivity index (χ1v) is 6.38. The lowest BCUT2D eigenvalue weighted by Gasteiger charge is -2.19. The van der Waals surface area contributed by atoms with Crippen molar-refractivity contribution in [2.24, 2.45) is 11.8 Å². The van der Waals surface area contributed by atoms with Crippen LogP contribution in [-0.4, -0.2) is 5.78 Å². The predicted molar refractivity (Wildman–Crippen MR) is 73.8 cm³/mol. The predicted octanol–water partition coefficient (Wildman–Crippen LogP) is 4.46. The molecule has 2 atom stereocenters. The van der Waals surface area contributed by atoms with Gasteiger partial charge in [0.1, 0.15) is 0 Å². The lowest BCUT2D eigenvalue weighted by atomic mass is 9.85. The SMILES string of the molecule is C=C(C)C(=O)C(C)CC1=C(C)CCC1C(=C)C. The van der Waals surface area contributed by atoms with Crippen molar-refractivity contribution in [2.45, 2.75) is 47.0 Å². The van der Waals surface area contributed by atoms with Crippen LogP contribution >= 0.6 is 0 Å². The molecule has 0 saturated heterocycles. The second-order valence-corrected chi connectivity index (χ2v) is 5.49. The highest BCUT2D eigenvalue weighted by atomic mass is 16.1. The van der Waals surface area contributed by atoms with Crippen LogP contribution in [-0.2, 0) is 4.79 Å². The maximum absolute atomic E-state index is 11.9. The van der Waals surface area contributed by atoms with Gasteiger partial charge in [0.05, 0.1) is 0 Å². The number of ketones is 1. The molecule has 0 amide bonds. The van der Waals surface area contributed by atoms with Crippen molar-refractivity contribution in [3.8, 4) is 0 Å². The van der Waals surface area contributed by atoms with Crippen LogP contribution in [0.1, 0.15) is 47.0 Å². The smallest absolute Gasteiger partial charge is 0.161 e. The molecule has 1 aliphatic carbocycles. The van der Waals surface area contributed by atoms with E-state index in [4.69, 9.17) is 0 Å². The van der Waals surface area contributed by atoms with Crippen LogP contribution in [0.15, 0.2) is 35.5 Å². The van der Waals surface area contributed by atoms with Crippen LogP contribution in [0, 0.1) is 11.8 Å². The van der Waals surface area contributed by atoms with Crippen LogP contribution in [0.3, 0.4) is 0 Å². The van der Waals surface area contributed by atoms with E-state index in [1.807, 2.05) is 6.92 Å². The maximum atomic E-state index is 11.9. The van der Waals surface area contributed by atoms with Crippen LogP contribution in [0.2, 0.25) is 0 Å². The van der Waals surface area contributed by atoms with E-state index in [2.05, 4.69) is 27.0 Å². The van der Waals surface area contributed by atoms with Crippen LogP contribution < -0.4 is 0 Å². The Kier molecular flexibility index (Phi) is 4.50. The fraction of sp³-hybridized carbons (Fsp3) is 0.562. The Morgan fingerprint density at radius 2 is 2.00 bits per heavy atom. The van der Waals surface area contributed by atoms with Gasteiger partial charge in [-0.2, -0.15) is 0 Å². The van der Waals surface area contributed by atoms with E-state index in [-0.39, 0.29) is 11.7 Å². The topological polar surface area (TPSA) is 17.1 Å². The van der Waals surface area contributed by atoms with Gasteiger partial charge in [-0.3, -0.25) is 4.79 Å². The summed E-state index contributed by atoms with van der Waals surface area (Å²) < 4.78 is 0. The molecule has 17 heavy (non-hydrogen) atoms. The maximum Gasteiger partial charge on any atom is 0.161 e. The summed E-state index contributed by atoms with van der Waals surface area (Å²) in [6.07, 6.45) is 3.19. The minimum atomic E-state index is 0.0531. The summed E-state index contributed by atoms with van der Waals surface area (Å²) in [5.41, 5.74) is 4.80. The number of rotatable bonds is 5. The Morgan fingerprint density at radius 3 is 2.47 bits per heavy atom. The van der Waals surface area contributed by atoms with E-state index in [1.165, 1.54) is 23.1 Å². The first kappa shape index (κ1) is 14.0. The van der Waals surface area contributed by atoms with Gasteiger partial charge < -0.3 is 0 Å². The van der Waals surface area contributed by atoms with Gasteiger partial charge in [-0.1, -0.05) is 36.8 Å². The highest BCUT2D eigenvalue weighted by Gasteiger charge is 2.26. The summed E-state index contributed by atoms with van der Waals surface area (Å²) in [4.78, 5) is 11.9. The van der Waals surface area contributed by atoms with E-state index in [9.17, 15) is 4.79 Å². The van der Waals surface area contributed by atoms with Crippen LogP contribution in [0.5, 0.6) is 0 Å². The molecular formula is C16H24O. The summed E-state index contributed by atoms with van der Waals surface area (Å²) in [7, 11) is 0. The van der Waals surface area contributed by atoms with Gasteiger partial charge in [0.2, 0.25) is 0 Å². The Balaban J connectivity index is 2.79. The van der Waals surface area contributed by atoms with Crippen molar-refractivity contribution in [3.05, 3.63) is 35.5 Å². The van der Waals surface area contributed by atoms with E-state index >= 15 is 0 Å². The van der Waals surface area contributed by atoms with Gasteiger partial charge in [0.25, 0.3) is 0 Å². The van der Waals surface area contributed by atoms with E-state index in [1.54, 1.807) is 6.92 Å². The quantitative estimate of drug-likeness (QED) is 0.505. The third-order valence-electron chi connectivity index (χ3n) is 3.77. The molecule has 0 spiro atoms. The first-order valence-electron chi connectivity index (χ1n) is 6.38. The molecule has 0 aromatic heterocycles. The lowest BCUT2D eigenvalue weighted by molar-refractivity contribution is -0.118. The fourth-order valence-corrected chi connectivity index (χ4v) is 2.70. The standard InChI is InChI=1S/C16H24O/c1-10(2)14-8-7-12(5)15(14)9-13(6)16(17)11(3)4/h13-14H,1,3,7-9H2,2,4-6H3. The zero-order chi connectivity index (χ0) is 13.2. The molecule has 94 valence electrons. The minimum absolute atomic E-state index is 0.0531. The normalized spacial score (nSPS) is 21.5. The molecule has 0 heterocycles. The Hall–Kier alpha value is -1.11. The van der Waals surface area contributed by atoms with Crippen LogP contribution in [0.4, 0.5) is 0 Å². The molecular weight excluding hydrogens is 208 g/mol. The van der Waals surface area contributed by atoms with Gasteiger partial charge in [-0.05, 0) is 45.6 Å². The molecule has 1 aliphatic rings. The van der Waals surface area contributed by atoms with E-state index in [0.717, 1.165) is 12.8 Å².